The zero-order valence-corrected chi connectivity index (χ0v) is 16.3. The smallest absolute Gasteiger partial charge is 0.276 e. The molecule has 1 fully saturated rings. The first-order valence-electron chi connectivity index (χ1n) is 9.53. The molecule has 1 aliphatic rings. The Bertz CT molecular complexity index is 966. The second-order valence-corrected chi connectivity index (χ2v) is 6.61. The topological polar surface area (TPSA) is 79.0 Å². The number of nitrogens with zero attached hydrogens (tertiary/aromatic N) is 1. The second-order valence-electron chi connectivity index (χ2n) is 6.61. The SMILES string of the molecule is CC.Cc1ccc(Nc2c(C(=O)NOCC3CC3)ccc3[nH]ncc23)c(F)c1. The predicted molar refractivity (Wildman–Crippen MR) is 108 cm³/mol. The summed E-state index contributed by atoms with van der Waals surface area (Å²) >= 11 is 0. The van der Waals surface area contributed by atoms with Crippen molar-refractivity contribution < 1.29 is 14.0 Å². The summed E-state index contributed by atoms with van der Waals surface area (Å²) in [6.07, 6.45) is 3.87. The Balaban J connectivity index is 0.00000109. The number of rotatable bonds is 6. The van der Waals surface area contributed by atoms with E-state index in [1.165, 1.54) is 6.07 Å². The summed E-state index contributed by atoms with van der Waals surface area (Å²) in [6, 6.07) is 8.31. The number of carbonyl (C=O) groups is 1. The Hall–Kier alpha value is -2.93. The van der Waals surface area contributed by atoms with Crippen LogP contribution in [0.3, 0.4) is 0 Å². The lowest BCUT2D eigenvalue weighted by atomic mass is 10.1. The van der Waals surface area contributed by atoms with Gasteiger partial charge in [-0.15, -0.1) is 0 Å². The molecule has 3 aromatic rings. The van der Waals surface area contributed by atoms with Gasteiger partial charge in [-0.2, -0.15) is 5.10 Å². The van der Waals surface area contributed by atoms with E-state index in [0.717, 1.165) is 23.9 Å². The Morgan fingerprint density at radius 1 is 1.29 bits per heavy atom. The Kier molecular flexibility index (Phi) is 6.26. The van der Waals surface area contributed by atoms with E-state index in [4.69, 9.17) is 4.84 Å². The second kappa shape index (κ2) is 8.84. The maximum absolute atomic E-state index is 14.3. The molecule has 1 aliphatic carbocycles. The Labute approximate surface area is 163 Å². The van der Waals surface area contributed by atoms with Gasteiger partial charge in [0.2, 0.25) is 0 Å². The number of nitrogens with one attached hydrogen (secondary N) is 3. The van der Waals surface area contributed by atoms with E-state index in [2.05, 4.69) is 21.0 Å². The lowest BCUT2D eigenvalue weighted by Crippen LogP contribution is -2.25. The minimum Gasteiger partial charge on any atom is -0.352 e. The predicted octanol–water partition coefficient (Wildman–Crippen LogP) is 4.85. The number of aromatic amines is 1. The fourth-order valence-electron chi connectivity index (χ4n) is 2.76. The van der Waals surface area contributed by atoms with Gasteiger partial charge in [0.1, 0.15) is 5.82 Å². The number of hydrogen-bond donors (Lipinski definition) is 3. The van der Waals surface area contributed by atoms with Gasteiger partial charge in [0.05, 0.1) is 35.3 Å². The third kappa shape index (κ3) is 4.48. The number of H-pyrrole nitrogens is 1. The van der Waals surface area contributed by atoms with Crippen LogP contribution in [0.15, 0.2) is 36.5 Å². The zero-order chi connectivity index (χ0) is 20.1. The van der Waals surface area contributed by atoms with Gasteiger partial charge >= 0.3 is 0 Å². The van der Waals surface area contributed by atoms with E-state index in [0.29, 0.717) is 29.2 Å². The van der Waals surface area contributed by atoms with E-state index >= 15 is 0 Å². The summed E-state index contributed by atoms with van der Waals surface area (Å²) in [5, 5.41) is 10.6. The molecule has 0 aliphatic heterocycles. The first-order valence-corrected chi connectivity index (χ1v) is 9.53. The number of anilines is 2. The average molecular weight is 384 g/mol. The van der Waals surface area contributed by atoms with Crippen molar-refractivity contribution in [3.8, 4) is 0 Å². The van der Waals surface area contributed by atoms with Gasteiger partial charge in [-0.3, -0.25) is 14.7 Å². The van der Waals surface area contributed by atoms with Crippen LogP contribution in [0.1, 0.15) is 42.6 Å². The van der Waals surface area contributed by atoms with Crippen molar-refractivity contribution in [1.82, 2.24) is 15.7 Å². The zero-order valence-electron chi connectivity index (χ0n) is 16.3. The van der Waals surface area contributed by atoms with Crippen molar-refractivity contribution in [3.05, 3.63) is 53.5 Å². The molecule has 1 saturated carbocycles. The third-order valence-corrected chi connectivity index (χ3v) is 4.43. The highest BCUT2D eigenvalue weighted by Gasteiger charge is 2.23. The highest BCUT2D eigenvalue weighted by Crippen LogP contribution is 2.31. The molecule has 1 aromatic heterocycles. The van der Waals surface area contributed by atoms with Crippen LogP contribution in [0, 0.1) is 18.7 Å². The fourth-order valence-corrected chi connectivity index (χ4v) is 2.76. The van der Waals surface area contributed by atoms with E-state index in [1.54, 1.807) is 30.5 Å². The van der Waals surface area contributed by atoms with Crippen molar-refractivity contribution in [3.63, 3.8) is 0 Å². The quantitative estimate of drug-likeness (QED) is 0.531. The van der Waals surface area contributed by atoms with Gasteiger partial charge in [0.25, 0.3) is 5.91 Å². The molecule has 0 saturated heterocycles. The van der Waals surface area contributed by atoms with Gasteiger partial charge in [0.15, 0.2) is 0 Å². The maximum Gasteiger partial charge on any atom is 0.276 e. The Morgan fingerprint density at radius 2 is 2.07 bits per heavy atom. The molecule has 0 atom stereocenters. The molecular formula is C21H25FN4O2. The molecule has 148 valence electrons. The normalized spacial score (nSPS) is 13.0. The average Bonchev–Trinajstić information content (AvgIpc) is 3.39. The number of carbonyl (C=O) groups excluding carboxylic acids is 1. The molecule has 0 bridgehead atoms. The van der Waals surface area contributed by atoms with Crippen LogP contribution in [0.25, 0.3) is 10.9 Å². The molecule has 28 heavy (non-hydrogen) atoms. The number of aryl methyl sites for hydroxylation is 1. The van der Waals surface area contributed by atoms with Crippen molar-refractivity contribution in [2.75, 3.05) is 11.9 Å². The number of halogens is 1. The minimum absolute atomic E-state index is 0.289. The van der Waals surface area contributed by atoms with E-state index in [9.17, 15) is 9.18 Å². The number of fused-ring (bicyclic) bond motifs is 1. The van der Waals surface area contributed by atoms with Crippen LogP contribution < -0.4 is 10.8 Å². The maximum atomic E-state index is 14.3. The number of hydroxylamine groups is 1. The summed E-state index contributed by atoms with van der Waals surface area (Å²) in [5.74, 6) is -0.239. The molecular weight excluding hydrogens is 359 g/mol. The number of hydrogen-bond acceptors (Lipinski definition) is 4. The molecule has 6 nitrogen and oxygen atoms in total. The van der Waals surface area contributed by atoms with Crippen LogP contribution in [-0.4, -0.2) is 22.7 Å². The lowest BCUT2D eigenvalue weighted by Gasteiger charge is -2.14. The van der Waals surface area contributed by atoms with Crippen molar-refractivity contribution in [2.45, 2.75) is 33.6 Å². The molecule has 0 unspecified atom stereocenters. The lowest BCUT2D eigenvalue weighted by molar-refractivity contribution is 0.0271. The Morgan fingerprint density at radius 3 is 2.79 bits per heavy atom. The first-order chi connectivity index (χ1) is 13.6. The van der Waals surface area contributed by atoms with Crippen LogP contribution >= 0.6 is 0 Å². The highest BCUT2D eigenvalue weighted by atomic mass is 19.1. The molecule has 7 heteroatoms. The minimum atomic E-state index is -0.387. The largest absolute Gasteiger partial charge is 0.352 e. The molecule has 4 rings (SSSR count). The van der Waals surface area contributed by atoms with Gasteiger partial charge in [-0.05, 0) is 55.5 Å². The molecule has 1 amide bonds. The fraction of sp³-hybridized carbons (Fsp3) is 0.333. The molecule has 2 aromatic carbocycles. The van der Waals surface area contributed by atoms with Crippen LogP contribution in [-0.2, 0) is 4.84 Å². The molecule has 0 radical (unpaired) electrons. The number of aromatic nitrogens is 2. The van der Waals surface area contributed by atoms with Crippen molar-refractivity contribution in [1.29, 1.82) is 0 Å². The van der Waals surface area contributed by atoms with Crippen LogP contribution in [0.4, 0.5) is 15.8 Å². The number of benzene rings is 2. The summed E-state index contributed by atoms with van der Waals surface area (Å²) in [5.41, 5.74) is 5.16. The van der Waals surface area contributed by atoms with E-state index in [1.807, 2.05) is 20.8 Å². The highest BCUT2D eigenvalue weighted by molar-refractivity contribution is 6.08. The molecule has 3 N–H and O–H groups in total. The van der Waals surface area contributed by atoms with Crippen LogP contribution in [0.2, 0.25) is 0 Å². The van der Waals surface area contributed by atoms with Gasteiger partial charge < -0.3 is 5.32 Å². The van der Waals surface area contributed by atoms with Gasteiger partial charge in [-0.1, -0.05) is 19.9 Å². The third-order valence-electron chi connectivity index (χ3n) is 4.43. The summed E-state index contributed by atoms with van der Waals surface area (Å²) < 4.78 is 14.3. The first kappa shape index (κ1) is 19.8. The standard InChI is InChI=1S/C19H19FN4O2.C2H6/c1-11-2-6-17(15(20)8-11)22-18-13(5-7-16-14(18)9-21-23-16)19(25)24-26-10-12-3-4-12;1-2/h2,5-9,12,22H,3-4,10H2,1H3,(H,21,23)(H,24,25);1-2H3. The molecule has 1 heterocycles. The summed E-state index contributed by atoms with van der Waals surface area (Å²) in [6.45, 7) is 6.33. The van der Waals surface area contributed by atoms with Gasteiger partial charge in [0, 0.05) is 5.39 Å². The van der Waals surface area contributed by atoms with E-state index in [-0.39, 0.29) is 17.4 Å². The van der Waals surface area contributed by atoms with E-state index < -0.39 is 0 Å². The molecule has 0 spiro atoms. The monoisotopic (exact) mass is 384 g/mol. The van der Waals surface area contributed by atoms with Crippen LogP contribution in [0.5, 0.6) is 0 Å². The van der Waals surface area contributed by atoms with Crippen molar-refractivity contribution in [2.24, 2.45) is 5.92 Å². The number of amides is 1. The van der Waals surface area contributed by atoms with Gasteiger partial charge in [-0.25, -0.2) is 9.87 Å². The van der Waals surface area contributed by atoms with Crippen molar-refractivity contribution >= 4 is 28.2 Å². The summed E-state index contributed by atoms with van der Waals surface area (Å²) in [7, 11) is 0. The summed E-state index contributed by atoms with van der Waals surface area (Å²) in [4.78, 5) is 17.8.